The SMILES string of the molecule is Cc1cc(-c2cccc(F)c2F)c(C)cc1C=O. The van der Waals surface area contributed by atoms with Crippen LogP contribution in [0.1, 0.15) is 21.5 Å². The number of hydrogen-bond donors (Lipinski definition) is 0. The lowest BCUT2D eigenvalue weighted by molar-refractivity contribution is 0.112. The number of halogens is 2. The highest BCUT2D eigenvalue weighted by atomic mass is 19.2. The zero-order valence-corrected chi connectivity index (χ0v) is 10.1. The smallest absolute Gasteiger partial charge is 0.166 e. The lowest BCUT2D eigenvalue weighted by atomic mass is 9.95. The second-order valence-electron chi connectivity index (χ2n) is 4.24. The summed E-state index contributed by atoms with van der Waals surface area (Å²) in [5, 5.41) is 0. The van der Waals surface area contributed by atoms with Crippen LogP contribution < -0.4 is 0 Å². The second-order valence-corrected chi connectivity index (χ2v) is 4.24. The van der Waals surface area contributed by atoms with Crippen LogP contribution in [0.5, 0.6) is 0 Å². The highest BCUT2D eigenvalue weighted by molar-refractivity contribution is 5.81. The maximum absolute atomic E-state index is 13.7. The van der Waals surface area contributed by atoms with Gasteiger partial charge in [-0.05, 0) is 42.7 Å². The van der Waals surface area contributed by atoms with Crippen molar-refractivity contribution in [2.24, 2.45) is 0 Å². The van der Waals surface area contributed by atoms with Gasteiger partial charge in [0, 0.05) is 11.1 Å². The number of carbonyl (C=O) groups excluding carboxylic acids is 1. The zero-order valence-electron chi connectivity index (χ0n) is 10.1. The van der Waals surface area contributed by atoms with E-state index in [4.69, 9.17) is 0 Å². The van der Waals surface area contributed by atoms with Crippen molar-refractivity contribution in [2.45, 2.75) is 13.8 Å². The minimum atomic E-state index is -0.871. The summed E-state index contributed by atoms with van der Waals surface area (Å²) in [5.74, 6) is -1.73. The number of rotatable bonds is 2. The largest absolute Gasteiger partial charge is 0.298 e. The van der Waals surface area contributed by atoms with Crippen molar-refractivity contribution in [1.82, 2.24) is 0 Å². The van der Waals surface area contributed by atoms with Crippen LogP contribution in [0.15, 0.2) is 30.3 Å². The Kier molecular flexibility index (Phi) is 3.24. The standard InChI is InChI=1S/C15H12F2O/c1-9-7-13(10(2)6-11(9)8-18)12-4-3-5-14(16)15(12)17/h3-8H,1-2H3. The summed E-state index contributed by atoms with van der Waals surface area (Å²) in [4.78, 5) is 10.8. The fraction of sp³-hybridized carbons (Fsp3) is 0.133. The van der Waals surface area contributed by atoms with Crippen LogP contribution >= 0.6 is 0 Å². The molecule has 0 aliphatic carbocycles. The van der Waals surface area contributed by atoms with Crippen LogP contribution in [0.3, 0.4) is 0 Å². The van der Waals surface area contributed by atoms with Gasteiger partial charge in [0.1, 0.15) is 6.29 Å². The van der Waals surface area contributed by atoms with Gasteiger partial charge in [0.25, 0.3) is 0 Å². The molecule has 0 N–H and O–H groups in total. The molecule has 0 unspecified atom stereocenters. The van der Waals surface area contributed by atoms with E-state index in [1.165, 1.54) is 12.1 Å². The average molecular weight is 246 g/mol. The Hall–Kier alpha value is -2.03. The summed E-state index contributed by atoms with van der Waals surface area (Å²) >= 11 is 0. The molecule has 2 aromatic carbocycles. The molecule has 0 fully saturated rings. The van der Waals surface area contributed by atoms with E-state index >= 15 is 0 Å². The molecular weight excluding hydrogens is 234 g/mol. The first-order valence-corrected chi connectivity index (χ1v) is 5.55. The minimum Gasteiger partial charge on any atom is -0.298 e. The third kappa shape index (κ3) is 2.04. The third-order valence-electron chi connectivity index (χ3n) is 2.98. The Bertz CT molecular complexity index is 618. The van der Waals surface area contributed by atoms with E-state index in [9.17, 15) is 13.6 Å². The van der Waals surface area contributed by atoms with Gasteiger partial charge in [-0.15, -0.1) is 0 Å². The molecule has 1 nitrogen and oxygen atoms in total. The average Bonchev–Trinajstić information content (AvgIpc) is 2.35. The van der Waals surface area contributed by atoms with E-state index in [-0.39, 0.29) is 5.56 Å². The Morgan fingerprint density at radius 3 is 2.39 bits per heavy atom. The van der Waals surface area contributed by atoms with Gasteiger partial charge in [-0.3, -0.25) is 4.79 Å². The predicted octanol–water partition coefficient (Wildman–Crippen LogP) is 4.06. The van der Waals surface area contributed by atoms with Crippen molar-refractivity contribution >= 4 is 6.29 Å². The molecule has 0 atom stereocenters. The number of benzene rings is 2. The molecule has 92 valence electrons. The molecule has 0 radical (unpaired) electrons. The number of carbonyl (C=O) groups is 1. The Morgan fingerprint density at radius 1 is 1.00 bits per heavy atom. The van der Waals surface area contributed by atoms with E-state index in [1.807, 2.05) is 0 Å². The molecule has 0 bridgehead atoms. The first-order valence-electron chi connectivity index (χ1n) is 5.55. The molecule has 2 aromatic rings. The fourth-order valence-electron chi connectivity index (χ4n) is 1.97. The van der Waals surface area contributed by atoms with E-state index in [2.05, 4.69) is 0 Å². The van der Waals surface area contributed by atoms with E-state index in [1.54, 1.807) is 26.0 Å². The Balaban J connectivity index is 2.68. The van der Waals surface area contributed by atoms with Gasteiger partial charge in [0.15, 0.2) is 11.6 Å². The zero-order chi connectivity index (χ0) is 13.3. The molecule has 0 saturated carbocycles. The quantitative estimate of drug-likeness (QED) is 0.730. The minimum absolute atomic E-state index is 0.216. The number of aldehydes is 1. The van der Waals surface area contributed by atoms with Crippen LogP contribution in [0.4, 0.5) is 8.78 Å². The Labute approximate surface area is 104 Å². The molecule has 18 heavy (non-hydrogen) atoms. The molecule has 3 heteroatoms. The molecule has 0 saturated heterocycles. The van der Waals surface area contributed by atoms with Crippen molar-refractivity contribution in [1.29, 1.82) is 0 Å². The molecule has 0 aromatic heterocycles. The Morgan fingerprint density at radius 2 is 1.72 bits per heavy atom. The van der Waals surface area contributed by atoms with Crippen molar-refractivity contribution in [2.75, 3.05) is 0 Å². The highest BCUT2D eigenvalue weighted by Crippen LogP contribution is 2.29. The van der Waals surface area contributed by atoms with Crippen molar-refractivity contribution < 1.29 is 13.6 Å². The number of hydrogen-bond acceptors (Lipinski definition) is 1. The van der Waals surface area contributed by atoms with Crippen molar-refractivity contribution in [3.05, 3.63) is 58.7 Å². The van der Waals surface area contributed by atoms with Crippen LogP contribution in [-0.2, 0) is 0 Å². The number of aryl methyl sites for hydroxylation is 2. The molecule has 0 amide bonds. The molecular formula is C15H12F2O. The maximum Gasteiger partial charge on any atom is 0.166 e. The lowest BCUT2D eigenvalue weighted by Gasteiger charge is -2.10. The maximum atomic E-state index is 13.7. The lowest BCUT2D eigenvalue weighted by Crippen LogP contribution is -1.95. The summed E-state index contributed by atoms with van der Waals surface area (Å²) in [6.07, 6.45) is 0.758. The molecule has 0 aliphatic rings. The normalized spacial score (nSPS) is 10.4. The summed E-state index contributed by atoms with van der Waals surface area (Å²) in [6, 6.07) is 7.47. The van der Waals surface area contributed by atoms with Crippen LogP contribution in [0.2, 0.25) is 0 Å². The van der Waals surface area contributed by atoms with Gasteiger partial charge in [-0.25, -0.2) is 8.78 Å². The highest BCUT2D eigenvalue weighted by Gasteiger charge is 2.13. The van der Waals surface area contributed by atoms with Gasteiger partial charge in [-0.1, -0.05) is 18.2 Å². The second kappa shape index (κ2) is 4.69. The third-order valence-corrected chi connectivity index (χ3v) is 2.98. The van der Waals surface area contributed by atoms with E-state index < -0.39 is 11.6 Å². The summed E-state index contributed by atoms with van der Waals surface area (Å²) in [6.45, 7) is 3.54. The molecule has 0 aliphatic heterocycles. The van der Waals surface area contributed by atoms with Crippen LogP contribution in [0.25, 0.3) is 11.1 Å². The van der Waals surface area contributed by atoms with Crippen LogP contribution in [0, 0.1) is 25.5 Å². The van der Waals surface area contributed by atoms with Gasteiger partial charge >= 0.3 is 0 Å². The van der Waals surface area contributed by atoms with Crippen molar-refractivity contribution in [3.8, 4) is 11.1 Å². The monoisotopic (exact) mass is 246 g/mol. The molecule has 2 rings (SSSR count). The first kappa shape index (κ1) is 12.4. The molecule has 0 spiro atoms. The summed E-state index contributed by atoms with van der Waals surface area (Å²) in [7, 11) is 0. The van der Waals surface area contributed by atoms with Gasteiger partial charge in [-0.2, -0.15) is 0 Å². The fourth-order valence-corrected chi connectivity index (χ4v) is 1.97. The van der Waals surface area contributed by atoms with Crippen LogP contribution in [-0.4, -0.2) is 6.29 Å². The van der Waals surface area contributed by atoms with E-state index in [0.717, 1.165) is 23.5 Å². The van der Waals surface area contributed by atoms with E-state index in [0.29, 0.717) is 11.1 Å². The first-order chi connectivity index (χ1) is 8.54. The van der Waals surface area contributed by atoms with Gasteiger partial charge < -0.3 is 0 Å². The van der Waals surface area contributed by atoms with Gasteiger partial charge in [0.2, 0.25) is 0 Å². The molecule has 0 heterocycles. The summed E-state index contributed by atoms with van der Waals surface area (Å²) < 4.78 is 26.9. The van der Waals surface area contributed by atoms with Crippen molar-refractivity contribution in [3.63, 3.8) is 0 Å². The topological polar surface area (TPSA) is 17.1 Å². The van der Waals surface area contributed by atoms with Gasteiger partial charge in [0.05, 0.1) is 0 Å². The summed E-state index contributed by atoms with van der Waals surface area (Å²) in [5.41, 5.74) is 2.87. The predicted molar refractivity (Wildman–Crippen MR) is 66.7 cm³/mol.